The van der Waals surface area contributed by atoms with Gasteiger partial charge in [0.2, 0.25) is 0 Å². The second-order valence-electron chi connectivity index (χ2n) is 4.74. The third kappa shape index (κ3) is 3.63. The van der Waals surface area contributed by atoms with Crippen molar-refractivity contribution in [1.82, 2.24) is 9.97 Å². The molecular weight excluding hydrogens is 222 g/mol. The molecule has 0 aliphatic heterocycles. The molecule has 0 atom stereocenters. The first kappa shape index (κ1) is 13.2. The van der Waals surface area contributed by atoms with Crippen molar-refractivity contribution in [2.24, 2.45) is 5.92 Å². The number of halogens is 1. The van der Waals surface area contributed by atoms with E-state index in [1.165, 1.54) is 0 Å². The summed E-state index contributed by atoms with van der Waals surface area (Å²) in [5.74, 6) is 2.23. The Morgan fingerprint density at radius 1 is 1.25 bits per heavy atom. The highest BCUT2D eigenvalue weighted by Gasteiger charge is 2.14. The van der Waals surface area contributed by atoms with E-state index in [4.69, 9.17) is 11.6 Å². The molecule has 1 aromatic heterocycles. The molecule has 4 heteroatoms. The van der Waals surface area contributed by atoms with Crippen molar-refractivity contribution in [3.8, 4) is 0 Å². The number of hydrogen-bond acceptors (Lipinski definition) is 3. The highest BCUT2D eigenvalue weighted by atomic mass is 35.5. The molecule has 0 unspecified atom stereocenters. The topological polar surface area (TPSA) is 29.0 Å². The predicted molar refractivity (Wildman–Crippen MR) is 69.1 cm³/mol. The van der Waals surface area contributed by atoms with Gasteiger partial charge in [0.15, 0.2) is 0 Å². The summed E-state index contributed by atoms with van der Waals surface area (Å²) in [6.07, 6.45) is 0. The third-order valence-corrected chi connectivity index (χ3v) is 2.47. The Morgan fingerprint density at radius 2 is 1.88 bits per heavy atom. The lowest BCUT2D eigenvalue weighted by atomic mass is 10.2. The highest BCUT2D eigenvalue weighted by Crippen LogP contribution is 2.19. The summed E-state index contributed by atoms with van der Waals surface area (Å²) in [6.45, 7) is 11.6. The fraction of sp³-hybridized carbons (Fsp3) is 0.667. The molecule has 0 aliphatic rings. The van der Waals surface area contributed by atoms with Gasteiger partial charge in [-0.1, -0.05) is 25.4 Å². The van der Waals surface area contributed by atoms with Gasteiger partial charge < -0.3 is 4.90 Å². The molecule has 1 aromatic rings. The molecule has 0 fully saturated rings. The zero-order chi connectivity index (χ0) is 12.3. The second-order valence-corrected chi connectivity index (χ2v) is 5.12. The molecule has 0 bridgehead atoms. The molecule has 0 saturated carbocycles. The van der Waals surface area contributed by atoms with Gasteiger partial charge in [0.05, 0.1) is 0 Å². The zero-order valence-corrected chi connectivity index (χ0v) is 11.4. The number of aromatic nitrogens is 2. The molecule has 0 aliphatic carbocycles. The van der Waals surface area contributed by atoms with Gasteiger partial charge in [-0.25, -0.2) is 9.97 Å². The first-order chi connectivity index (χ1) is 7.40. The molecule has 0 spiro atoms. The van der Waals surface area contributed by atoms with E-state index in [-0.39, 0.29) is 0 Å². The second kappa shape index (κ2) is 5.48. The van der Waals surface area contributed by atoms with Crippen LogP contribution in [-0.4, -0.2) is 22.6 Å². The van der Waals surface area contributed by atoms with Crippen LogP contribution in [0, 0.1) is 12.8 Å². The van der Waals surface area contributed by atoms with E-state index in [1.54, 1.807) is 0 Å². The molecule has 90 valence electrons. The molecule has 16 heavy (non-hydrogen) atoms. The van der Waals surface area contributed by atoms with Crippen molar-refractivity contribution in [2.75, 3.05) is 11.4 Å². The average molecular weight is 242 g/mol. The fourth-order valence-corrected chi connectivity index (χ4v) is 1.85. The molecule has 0 radical (unpaired) electrons. The van der Waals surface area contributed by atoms with Crippen LogP contribution in [0.2, 0.25) is 5.15 Å². The van der Waals surface area contributed by atoms with E-state index in [0.29, 0.717) is 17.1 Å². The highest BCUT2D eigenvalue weighted by molar-refractivity contribution is 6.29. The fourth-order valence-electron chi connectivity index (χ4n) is 1.63. The van der Waals surface area contributed by atoms with Crippen LogP contribution in [0.25, 0.3) is 0 Å². The molecule has 0 amide bonds. The van der Waals surface area contributed by atoms with E-state index in [0.717, 1.165) is 18.2 Å². The van der Waals surface area contributed by atoms with Crippen LogP contribution in [-0.2, 0) is 0 Å². The van der Waals surface area contributed by atoms with Gasteiger partial charge in [-0.05, 0) is 26.7 Å². The third-order valence-electron chi connectivity index (χ3n) is 2.27. The molecule has 1 rings (SSSR count). The van der Waals surface area contributed by atoms with Crippen molar-refractivity contribution < 1.29 is 0 Å². The van der Waals surface area contributed by atoms with Crippen molar-refractivity contribution in [1.29, 1.82) is 0 Å². The van der Waals surface area contributed by atoms with Crippen molar-refractivity contribution in [3.63, 3.8) is 0 Å². The number of hydrogen-bond donors (Lipinski definition) is 0. The maximum atomic E-state index is 5.96. The molecule has 0 aromatic carbocycles. The lowest BCUT2D eigenvalue weighted by Crippen LogP contribution is -2.35. The molecule has 1 heterocycles. The van der Waals surface area contributed by atoms with Gasteiger partial charge in [0.25, 0.3) is 0 Å². The van der Waals surface area contributed by atoms with Crippen molar-refractivity contribution in [3.05, 3.63) is 17.0 Å². The summed E-state index contributed by atoms with van der Waals surface area (Å²) >= 11 is 5.96. The summed E-state index contributed by atoms with van der Waals surface area (Å²) in [5, 5.41) is 0.511. The van der Waals surface area contributed by atoms with Gasteiger partial charge in [-0.2, -0.15) is 0 Å². The van der Waals surface area contributed by atoms with E-state index < -0.39 is 0 Å². The van der Waals surface area contributed by atoms with Crippen molar-refractivity contribution in [2.45, 2.75) is 40.7 Å². The van der Waals surface area contributed by atoms with Crippen LogP contribution in [0.15, 0.2) is 6.07 Å². The van der Waals surface area contributed by atoms with Crippen LogP contribution in [0.3, 0.4) is 0 Å². The lowest BCUT2D eigenvalue weighted by molar-refractivity contribution is 0.565. The monoisotopic (exact) mass is 241 g/mol. The maximum absolute atomic E-state index is 5.96. The van der Waals surface area contributed by atoms with Crippen LogP contribution in [0.4, 0.5) is 5.82 Å². The minimum atomic E-state index is 0.410. The molecular formula is C12H20ClN3. The average Bonchev–Trinajstić information content (AvgIpc) is 2.11. The normalized spacial score (nSPS) is 11.2. The Kier molecular flexibility index (Phi) is 4.54. The van der Waals surface area contributed by atoms with E-state index in [2.05, 4.69) is 42.6 Å². The van der Waals surface area contributed by atoms with Crippen LogP contribution in [0.1, 0.15) is 33.5 Å². The maximum Gasteiger partial charge on any atom is 0.134 e. The van der Waals surface area contributed by atoms with E-state index in [9.17, 15) is 0 Å². The Bertz CT molecular complexity index is 330. The summed E-state index contributed by atoms with van der Waals surface area (Å²) in [6, 6.07) is 2.24. The van der Waals surface area contributed by atoms with Crippen LogP contribution >= 0.6 is 11.6 Å². The van der Waals surface area contributed by atoms with Gasteiger partial charge in [0, 0.05) is 18.7 Å². The SMILES string of the molecule is Cc1nc(Cl)cc(N(CC(C)C)C(C)C)n1. The van der Waals surface area contributed by atoms with E-state index >= 15 is 0 Å². The Labute approximate surface area is 103 Å². The summed E-state index contributed by atoms with van der Waals surface area (Å²) in [7, 11) is 0. The van der Waals surface area contributed by atoms with Gasteiger partial charge in [-0.15, -0.1) is 0 Å². The quantitative estimate of drug-likeness (QED) is 0.758. The lowest BCUT2D eigenvalue weighted by Gasteiger charge is -2.29. The molecule has 0 saturated heterocycles. The Morgan fingerprint density at radius 3 is 2.31 bits per heavy atom. The standard InChI is InChI=1S/C12H20ClN3/c1-8(2)7-16(9(3)4)12-6-11(13)14-10(5)15-12/h6,8-9H,7H2,1-5H3. The van der Waals surface area contributed by atoms with Gasteiger partial charge >= 0.3 is 0 Å². The number of anilines is 1. The number of aryl methyl sites for hydroxylation is 1. The largest absolute Gasteiger partial charge is 0.354 e. The minimum absolute atomic E-state index is 0.410. The molecule has 0 N–H and O–H groups in total. The Balaban J connectivity index is 3.00. The van der Waals surface area contributed by atoms with Crippen LogP contribution < -0.4 is 4.90 Å². The van der Waals surface area contributed by atoms with E-state index in [1.807, 2.05) is 13.0 Å². The number of nitrogens with zero attached hydrogens (tertiary/aromatic N) is 3. The van der Waals surface area contributed by atoms with Crippen molar-refractivity contribution >= 4 is 17.4 Å². The smallest absolute Gasteiger partial charge is 0.134 e. The zero-order valence-electron chi connectivity index (χ0n) is 10.7. The van der Waals surface area contributed by atoms with Gasteiger partial charge in [0.1, 0.15) is 16.8 Å². The predicted octanol–water partition coefficient (Wildman–Crippen LogP) is 3.31. The first-order valence-corrected chi connectivity index (χ1v) is 6.05. The summed E-state index contributed by atoms with van der Waals surface area (Å²) in [4.78, 5) is 10.8. The summed E-state index contributed by atoms with van der Waals surface area (Å²) < 4.78 is 0. The summed E-state index contributed by atoms with van der Waals surface area (Å²) in [5.41, 5.74) is 0. The van der Waals surface area contributed by atoms with Gasteiger partial charge in [-0.3, -0.25) is 0 Å². The minimum Gasteiger partial charge on any atom is -0.354 e. The molecule has 3 nitrogen and oxygen atoms in total. The number of rotatable bonds is 4. The van der Waals surface area contributed by atoms with Crippen LogP contribution in [0.5, 0.6) is 0 Å². The first-order valence-electron chi connectivity index (χ1n) is 5.68. The Hall–Kier alpha value is -0.830.